The molecule has 2 aromatic heterocycles. The maximum Gasteiger partial charge on any atom is 0.254 e. The van der Waals surface area contributed by atoms with Crippen LogP contribution in [0.2, 0.25) is 0 Å². The Morgan fingerprint density at radius 2 is 2.13 bits per heavy atom. The van der Waals surface area contributed by atoms with Crippen LogP contribution in [-0.4, -0.2) is 40.1 Å². The van der Waals surface area contributed by atoms with Crippen molar-refractivity contribution in [2.75, 3.05) is 13.1 Å². The predicted molar refractivity (Wildman–Crippen MR) is 91.6 cm³/mol. The summed E-state index contributed by atoms with van der Waals surface area (Å²) < 4.78 is 0. The number of rotatable bonds is 2. The summed E-state index contributed by atoms with van der Waals surface area (Å²) in [5, 5.41) is 12.6. The van der Waals surface area contributed by atoms with Gasteiger partial charge in [0.1, 0.15) is 0 Å². The van der Waals surface area contributed by atoms with Crippen LogP contribution in [0.15, 0.2) is 47.8 Å². The van der Waals surface area contributed by atoms with Crippen molar-refractivity contribution in [1.82, 2.24) is 9.88 Å². The van der Waals surface area contributed by atoms with Crippen molar-refractivity contribution in [2.24, 2.45) is 0 Å². The third-order valence-corrected chi connectivity index (χ3v) is 5.06. The van der Waals surface area contributed by atoms with Gasteiger partial charge in [-0.1, -0.05) is 24.3 Å². The van der Waals surface area contributed by atoms with E-state index in [0.29, 0.717) is 25.1 Å². The largest absolute Gasteiger partial charge is 0.391 e. The quantitative estimate of drug-likeness (QED) is 0.788. The lowest BCUT2D eigenvalue weighted by Crippen LogP contribution is -2.29. The summed E-state index contributed by atoms with van der Waals surface area (Å²) in [6.45, 7) is 1.01. The SMILES string of the molecule is O=C(c1cc(-c2cccs2)nc2ccccc12)N1CC[C@@H](O)C1. The molecule has 116 valence electrons. The molecule has 0 bridgehead atoms. The Labute approximate surface area is 138 Å². The number of carbonyl (C=O) groups is 1. The molecule has 1 amide bonds. The minimum atomic E-state index is -0.413. The zero-order chi connectivity index (χ0) is 15.8. The number of aromatic nitrogens is 1. The van der Waals surface area contributed by atoms with Crippen LogP contribution in [0.5, 0.6) is 0 Å². The summed E-state index contributed by atoms with van der Waals surface area (Å²) in [5.41, 5.74) is 2.30. The van der Waals surface area contributed by atoms with Gasteiger partial charge in [-0.05, 0) is 30.0 Å². The summed E-state index contributed by atoms with van der Waals surface area (Å²) in [5.74, 6) is -0.0297. The summed E-state index contributed by atoms with van der Waals surface area (Å²) in [7, 11) is 0. The Kier molecular flexibility index (Phi) is 3.59. The van der Waals surface area contributed by atoms with Crippen molar-refractivity contribution >= 4 is 28.1 Å². The lowest BCUT2D eigenvalue weighted by atomic mass is 10.1. The molecule has 1 saturated heterocycles. The molecule has 1 atom stereocenters. The van der Waals surface area contributed by atoms with E-state index in [0.717, 1.165) is 21.5 Å². The molecule has 1 aliphatic heterocycles. The fraction of sp³-hybridized carbons (Fsp3) is 0.222. The maximum atomic E-state index is 12.9. The van der Waals surface area contributed by atoms with E-state index in [-0.39, 0.29) is 5.91 Å². The number of carbonyl (C=O) groups excluding carboxylic acids is 1. The summed E-state index contributed by atoms with van der Waals surface area (Å²) in [6, 6.07) is 13.6. The highest BCUT2D eigenvalue weighted by molar-refractivity contribution is 7.13. The third-order valence-electron chi connectivity index (χ3n) is 4.17. The highest BCUT2D eigenvalue weighted by atomic mass is 32.1. The number of amides is 1. The molecular weight excluding hydrogens is 308 g/mol. The Morgan fingerprint density at radius 1 is 1.26 bits per heavy atom. The number of thiophene rings is 1. The van der Waals surface area contributed by atoms with E-state index in [4.69, 9.17) is 4.98 Å². The Balaban J connectivity index is 1.85. The fourth-order valence-electron chi connectivity index (χ4n) is 3.00. The van der Waals surface area contributed by atoms with Crippen LogP contribution >= 0.6 is 11.3 Å². The van der Waals surface area contributed by atoms with Crippen molar-refractivity contribution in [1.29, 1.82) is 0 Å². The monoisotopic (exact) mass is 324 g/mol. The van der Waals surface area contributed by atoms with Crippen molar-refractivity contribution in [3.05, 3.63) is 53.4 Å². The molecule has 0 aliphatic carbocycles. The van der Waals surface area contributed by atoms with Gasteiger partial charge in [-0.25, -0.2) is 4.98 Å². The average Bonchev–Trinajstić information content (AvgIpc) is 3.24. The smallest absolute Gasteiger partial charge is 0.254 e. The number of fused-ring (bicyclic) bond motifs is 1. The van der Waals surface area contributed by atoms with Gasteiger partial charge in [-0.2, -0.15) is 0 Å². The number of nitrogens with zero attached hydrogens (tertiary/aromatic N) is 2. The number of β-amino-alcohol motifs (C(OH)–C–C–N with tert-alkyl or cyclic N) is 1. The second-order valence-electron chi connectivity index (χ2n) is 5.74. The zero-order valence-corrected chi connectivity index (χ0v) is 13.3. The topological polar surface area (TPSA) is 53.4 Å². The summed E-state index contributed by atoms with van der Waals surface area (Å²) in [4.78, 5) is 20.4. The first-order valence-corrected chi connectivity index (χ1v) is 8.51. The zero-order valence-electron chi connectivity index (χ0n) is 12.5. The molecular formula is C18H16N2O2S. The molecule has 0 spiro atoms. The third kappa shape index (κ3) is 2.62. The lowest BCUT2D eigenvalue weighted by molar-refractivity contribution is 0.0767. The first kappa shape index (κ1) is 14.4. The van der Waals surface area contributed by atoms with Gasteiger partial charge in [-0.15, -0.1) is 11.3 Å². The molecule has 1 aliphatic rings. The van der Waals surface area contributed by atoms with E-state index >= 15 is 0 Å². The Hall–Kier alpha value is -2.24. The molecule has 1 N–H and O–H groups in total. The van der Waals surface area contributed by atoms with E-state index in [9.17, 15) is 9.90 Å². The van der Waals surface area contributed by atoms with Gasteiger partial charge in [-0.3, -0.25) is 4.79 Å². The number of hydrogen-bond acceptors (Lipinski definition) is 4. The molecule has 4 rings (SSSR count). The van der Waals surface area contributed by atoms with Crippen molar-refractivity contribution in [3.8, 4) is 10.6 Å². The van der Waals surface area contributed by atoms with Crippen molar-refractivity contribution in [2.45, 2.75) is 12.5 Å². The number of aliphatic hydroxyl groups is 1. The fourth-order valence-corrected chi connectivity index (χ4v) is 3.69. The molecule has 5 heteroatoms. The minimum absolute atomic E-state index is 0.0297. The number of para-hydroxylation sites is 1. The van der Waals surface area contributed by atoms with E-state index in [2.05, 4.69) is 0 Å². The second-order valence-corrected chi connectivity index (χ2v) is 6.69. The van der Waals surface area contributed by atoms with Crippen molar-refractivity contribution < 1.29 is 9.90 Å². The van der Waals surface area contributed by atoms with E-state index in [1.165, 1.54) is 0 Å². The molecule has 1 fully saturated rings. The van der Waals surface area contributed by atoms with Crippen LogP contribution in [0.25, 0.3) is 21.5 Å². The van der Waals surface area contributed by atoms with Gasteiger partial charge in [0.2, 0.25) is 0 Å². The summed E-state index contributed by atoms with van der Waals surface area (Å²) in [6.07, 6.45) is 0.232. The first-order chi connectivity index (χ1) is 11.2. The number of benzene rings is 1. The highest BCUT2D eigenvalue weighted by Crippen LogP contribution is 2.29. The molecule has 3 heterocycles. The van der Waals surface area contributed by atoms with Gasteiger partial charge in [0.05, 0.1) is 27.8 Å². The van der Waals surface area contributed by atoms with Crippen molar-refractivity contribution in [3.63, 3.8) is 0 Å². The number of hydrogen-bond donors (Lipinski definition) is 1. The van der Waals surface area contributed by atoms with Crippen LogP contribution in [0.4, 0.5) is 0 Å². The second kappa shape index (κ2) is 5.76. The molecule has 3 aromatic rings. The van der Waals surface area contributed by atoms with E-state index in [1.54, 1.807) is 16.2 Å². The normalized spacial score (nSPS) is 17.8. The number of aliphatic hydroxyl groups excluding tert-OH is 1. The van der Waals surface area contributed by atoms with E-state index in [1.807, 2.05) is 47.8 Å². The summed E-state index contributed by atoms with van der Waals surface area (Å²) >= 11 is 1.61. The molecule has 4 nitrogen and oxygen atoms in total. The number of pyridine rings is 1. The highest BCUT2D eigenvalue weighted by Gasteiger charge is 2.27. The predicted octanol–water partition coefficient (Wildman–Crippen LogP) is 3.17. The van der Waals surface area contributed by atoms with E-state index < -0.39 is 6.10 Å². The standard InChI is InChI=1S/C18H16N2O2S/c21-12-7-8-20(11-12)18(22)14-10-16(17-6-3-9-23-17)19-15-5-2-1-4-13(14)15/h1-6,9-10,12,21H,7-8,11H2/t12-/m1/s1. The van der Waals surface area contributed by atoms with Gasteiger partial charge >= 0.3 is 0 Å². The van der Waals surface area contributed by atoms with Crippen LogP contribution in [0.1, 0.15) is 16.8 Å². The minimum Gasteiger partial charge on any atom is -0.391 e. The molecule has 0 radical (unpaired) electrons. The van der Waals surface area contributed by atoms with Crippen LogP contribution in [0.3, 0.4) is 0 Å². The van der Waals surface area contributed by atoms with Gasteiger partial charge in [0.25, 0.3) is 5.91 Å². The maximum absolute atomic E-state index is 12.9. The number of likely N-dealkylation sites (tertiary alicyclic amines) is 1. The Morgan fingerprint density at radius 3 is 2.87 bits per heavy atom. The Bertz CT molecular complexity index is 861. The molecule has 0 unspecified atom stereocenters. The average molecular weight is 324 g/mol. The van der Waals surface area contributed by atoms with Crippen LogP contribution in [0, 0.1) is 0 Å². The van der Waals surface area contributed by atoms with Gasteiger partial charge in [0, 0.05) is 18.5 Å². The first-order valence-electron chi connectivity index (χ1n) is 7.63. The molecule has 23 heavy (non-hydrogen) atoms. The lowest BCUT2D eigenvalue weighted by Gasteiger charge is -2.17. The molecule has 1 aromatic carbocycles. The van der Waals surface area contributed by atoms with Gasteiger partial charge in [0.15, 0.2) is 0 Å². The van der Waals surface area contributed by atoms with Gasteiger partial charge < -0.3 is 10.0 Å². The van der Waals surface area contributed by atoms with Crippen LogP contribution < -0.4 is 0 Å². The molecule has 0 saturated carbocycles. The van der Waals surface area contributed by atoms with Crippen LogP contribution in [-0.2, 0) is 0 Å².